The summed E-state index contributed by atoms with van der Waals surface area (Å²) in [6.45, 7) is 3.65. The van der Waals surface area contributed by atoms with Crippen LogP contribution in [0.15, 0.2) is 47.6 Å². The van der Waals surface area contributed by atoms with Crippen LogP contribution in [0.25, 0.3) is 0 Å². The molecule has 0 saturated heterocycles. The highest BCUT2D eigenvalue weighted by molar-refractivity contribution is 7.99. The molecule has 2 amide bonds. The van der Waals surface area contributed by atoms with E-state index in [-0.39, 0.29) is 17.6 Å². The Morgan fingerprint density at radius 1 is 1.10 bits per heavy atom. The highest BCUT2D eigenvalue weighted by Gasteiger charge is 2.20. The van der Waals surface area contributed by atoms with Crippen molar-refractivity contribution in [2.45, 2.75) is 25.0 Å². The van der Waals surface area contributed by atoms with Crippen molar-refractivity contribution in [1.82, 2.24) is 20.1 Å². The fourth-order valence-electron chi connectivity index (χ4n) is 2.87. The highest BCUT2D eigenvalue weighted by Crippen LogP contribution is 2.24. The van der Waals surface area contributed by atoms with E-state index in [0.717, 1.165) is 5.56 Å². The molecule has 7 nitrogen and oxygen atoms in total. The van der Waals surface area contributed by atoms with Crippen LogP contribution in [-0.2, 0) is 11.8 Å². The first-order valence-corrected chi connectivity index (χ1v) is 11.1. The fraction of sp³-hybridized carbons (Fsp3) is 0.238. The topological polar surface area (TPSA) is 88.9 Å². The van der Waals surface area contributed by atoms with Gasteiger partial charge in [0.25, 0.3) is 5.91 Å². The number of nitrogens with zero attached hydrogens (tertiary/aromatic N) is 3. The molecule has 0 spiro atoms. The van der Waals surface area contributed by atoms with Crippen LogP contribution in [-0.4, -0.2) is 32.3 Å². The van der Waals surface area contributed by atoms with E-state index in [1.54, 1.807) is 54.1 Å². The monoisotopic (exact) mass is 477 g/mol. The van der Waals surface area contributed by atoms with E-state index in [0.29, 0.717) is 32.3 Å². The summed E-state index contributed by atoms with van der Waals surface area (Å²) in [5.41, 5.74) is 1.87. The summed E-state index contributed by atoms with van der Waals surface area (Å²) < 4.78 is 1.75. The third-order valence-corrected chi connectivity index (χ3v) is 6.36. The van der Waals surface area contributed by atoms with Crippen molar-refractivity contribution in [3.63, 3.8) is 0 Å². The normalized spacial score (nSPS) is 11.8. The standard InChI is InChI=1S/C21H21Cl2N5O2S/c1-12-15(22)9-6-10-17(12)25-18(29)11-31-21-27-26-19(28(21)3)13(2)24-20(30)14-7-4-5-8-16(14)23/h4-10,13H,11H2,1-3H3,(H,24,30)(H,25,29). The SMILES string of the molecule is Cc1c(Cl)cccc1NC(=O)CSc1nnc(C(C)NC(=O)c2ccccc2Cl)n1C. The summed E-state index contributed by atoms with van der Waals surface area (Å²) in [4.78, 5) is 24.8. The number of nitrogens with one attached hydrogen (secondary N) is 2. The highest BCUT2D eigenvalue weighted by atomic mass is 35.5. The number of halogens is 2. The lowest BCUT2D eigenvalue weighted by atomic mass is 10.2. The molecule has 162 valence electrons. The molecule has 2 aromatic carbocycles. The van der Waals surface area contributed by atoms with E-state index in [1.165, 1.54) is 11.8 Å². The molecule has 0 radical (unpaired) electrons. The summed E-state index contributed by atoms with van der Waals surface area (Å²) >= 11 is 13.4. The second-order valence-corrected chi connectivity index (χ2v) is 8.58. The molecule has 1 atom stereocenters. The smallest absolute Gasteiger partial charge is 0.253 e. The molecule has 10 heteroatoms. The van der Waals surface area contributed by atoms with Crippen LogP contribution in [0.2, 0.25) is 10.0 Å². The maximum atomic E-state index is 12.5. The number of carbonyl (C=O) groups is 2. The van der Waals surface area contributed by atoms with Gasteiger partial charge in [0.1, 0.15) is 0 Å². The molecule has 0 aliphatic heterocycles. The Bertz CT molecular complexity index is 1120. The second kappa shape index (κ2) is 10.2. The van der Waals surface area contributed by atoms with Crippen LogP contribution in [0.5, 0.6) is 0 Å². The first-order chi connectivity index (χ1) is 14.8. The van der Waals surface area contributed by atoms with Gasteiger partial charge in [-0.15, -0.1) is 10.2 Å². The zero-order valence-electron chi connectivity index (χ0n) is 17.1. The van der Waals surface area contributed by atoms with E-state index in [9.17, 15) is 9.59 Å². The van der Waals surface area contributed by atoms with Gasteiger partial charge in [-0.3, -0.25) is 9.59 Å². The van der Waals surface area contributed by atoms with Crippen molar-refractivity contribution in [3.8, 4) is 0 Å². The fourth-order valence-corrected chi connectivity index (χ4v) is 3.99. The number of amides is 2. The largest absolute Gasteiger partial charge is 0.342 e. The maximum absolute atomic E-state index is 12.5. The van der Waals surface area contributed by atoms with Gasteiger partial charge in [0.05, 0.1) is 22.4 Å². The first kappa shape index (κ1) is 23.1. The molecule has 3 aromatic rings. The number of aromatic nitrogens is 3. The van der Waals surface area contributed by atoms with Gasteiger partial charge >= 0.3 is 0 Å². The Balaban J connectivity index is 1.60. The van der Waals surface area contributed by atoms with Gasteiger partial charge in [0.15, 0.2) is 11.0 Å². The Kier molecular flexibility index (Phi) is 7.59. The van der Waals surface area contributed by atoms with Gasteiger partial charge in [-0.2, -0.15) is 0 Å². The quantitative estimate of drug-likeness (QED) is 0.483. The van der Waals surface area contributed by atoms with Gasteiger partial charge in [-0.25, -0.2) is 0 Å². The van der Waals surface area contributed by atoms with Crippen molar-refractivity contribution in [3.05, 3.63) is 69.5 Å². The molecule has 0 aliphatic rings. The first-order valence-electron chi connectivity index (χ1n) is 9.40. The van der Waals surface area contributed by atoms with Crippen LogP contribution in [0, 0.1) is 6.92 Å². The number of benzene rings is 2. The molecule has 0 fully saturated rings. The average molecular weight is 478 g/mol. The summed E-state index contributed by atoms with van der Waals surface area (Å²) in [5, 5.41) is 15.6. The van der Waals surface area contributed by atoms with E-state index < -0.39 is 6.04 Å². The van der Waals surface area contributed by atoms with Crippen molar-refractivity contribution in [2.24, 2.45) is 7.05 Å². The van der Waals surface area contributed by atoms with Crippen LogP contribution in [0.1, 0.15) is 34.7 Å². The lowest BCUT2D eigenvalue weighted by Crippen LogP contribution is -2.28. The van der Waals surface area contributed by atoms with Gasteiger partial charge in [0.2, 0.25) is 5.91 Å². The number of anilines is 1. The molecule has 3 rings (SSSR count). The molecular weight excluding hydrogens is 457 g/mol. The zero-order valence-corrected chi connectivity index (χ0v) is 19.5. The van der Waals surface area contributed by atoms with Gasteiger partial charge in [-0.1, -0.05) is 53.2 Å². The Morgan fingerprint density at radius 3 is 2.55 bits per heavy atom. The Labute approximate surface area is 194 Å². The number of thioether (sulfide) groups is 1. The predicted octanol–water partition coefficient (Wildman–Crippen LogP) is 4.65. The third-order valence-electron chi connectivity index (χ3n) is 4.60. The third kappa shape index (κ3) is 5.58. The zero-order chi connectivity index (χ0) is 22.5. The van der Waals surface area contributed by atoms with E-state index in [1.807, 2.05) is 13.8 Å². The maximum Gasteiger partial charge on any atom is 0.253 e. The van der Waals surface area contributed by atoms with Crippen LogP contribution in [0.3, 0.4) is 0 Å². The number of carbonyl (C=O) groups excluding carboxylic acids is 2. The molecule has 0 aliphatic carbocycles. The number of rotatable bonds is 7. The molecule has 1 heterocycles. The van der Waals surface area contributed by atoms with Crippen LogP contribution < -0.4 is 10.6 Å². The summed E-state index contributed by atoms with van der Waals surface area (Å²) in [7, 11) is 1.79. The average Bonchev–Trinajstić information content (AvgIpc) is 3.10. The van der Waals surface area contributed by atoms with Crippen molar-refractivity contribution >= 4 is 52.5 Å². The van der Waals surface area contributed by atoms with Crippen molar-refractivity contribution in [2.75, 3.05) is 11.1 Å². The Hall–Kier alpha value is -2.55. The number of hydrogen-bond acceptors (Lipinski definition) is 5. The molecule has 2 N–H and O–H groups in total. The summed E-state index contributed by atoms with van der Waals surface area (Å²) in [5.74, 6) is 0.235. The Morgan fingerprint density at radius 2 is 1.81 bits per heavy atom. The minimum absolute atomic E-state index is 0.151. The summed E-state index contributed by atoms with van der Waals surface area (Å²) in [6.07, 6.45) is 0. The molecule has 0 saturated carbocycles. The lowest BCUT2D eigenvalue weighted by Gasteiger charge is -2.14. The van der Waals surface area contributed by atoms with E-state index in [2.05, 4.69) is 20.8 Å². The van der Waals surface area contributed by atoms with Crippen LogP contribution >= 0.6 is 35.0 Å². The number of hydrogen-bond donors (Lipinski definition) is 2. The molecule has 0 bridgehead atoms. The molecular formula is C21H21Cl2N5O2S. The van der Waals surface area contributed by atoms with Gasteiger partial charge in [-0.05, 0) is 43.7 Å². The van der Waals surface area contributed by atoms with Crippen LogP contribution in [0.4, 0.5) is 5.69 Å². The van der Waals surface area contributed by atoms with Gasteiger partial charge in [0, 0.05) is 17.8 Å². The molecule has 31 heavy (non-hydrogen) atoms. The summed E-state index contributed by atoms with van der Waals surface area (Å²) in [6, 6.07) is 11.8. The lowest BCUT2D eigenvalue weighted by molar-refractivity contribution is -0.113. The second-order valence-electron chi connectivity index (χ2n) is 6.82. The minimum atomic E-state index is -0.404. The van der Waals surface area contributed by atoms with Crippen molar-refractivity contribution < 1.29 is 9.59 Å². The van der Waals surface area contributed by atoms with Gasteiger partial charge < -0.3 is 15.2 Å². The molecule has 1 unspecified atom stereocenters. The van der Waals surface area contributed by atoms with Crippen molar-refractivity contribution in [1.29, 1.82) is 0 Å². The minimum Gasteiger partial charge on any atom is -0.342 e. The predicted molar refractivity (Wildman–Crippen MR) is 124 cm³/mol. The molecule has 1 aromatic heterocycles. The van der Waals surface area contributed by atoms with E-state index in [4.69, 9.17) is 23.2 Å². The van der Waals surface area contributed by atoms with E-state index >= 15 is 0 Å².